The highest BCUT2D eigenvalue weighted by Crippen LogP contribution is 2.39. The summed E-state index contributed by atoms with van der Waals surface area (Å²) in [5, 5.41) is 23.8. The van der Waals surface area contributed by atoms with E-state index in [4.69, 9.17) is 16.9 Å². The average Bonchev–Trinajstić information content (AvgIpc) is 3.68. The van der Waals surface area contributed by atoms with E-state index in [-0.39, 0.29) is 17.4 Å². The van der Waals surface area contributed by atoms with Gasteiger partial charge in [0.25, 0.3) is 0 Å². The van der Waals surface area contributed by atoms with E-state index >= 15 is 0 Å². The summed E-state index contributed by atoms with van der Waals surface area (Å²) in [5.41, 5.74) is 24.2. The van der Waals surface area contributed by atoms with E-state index in [2.05, 4.69) is 137 Å². The Bertz CT molecular complexity index is 2330. The van der Waals surface area contributed by atoms with Gasteiger partial charge in [0.15, 0.2) is 5.78 Å². The number of nitrogens with one attached hydrogen (secondary N) is 1. The van der Waals surface area contributed by atoms with Crippen molar-refractivity contribution in [1.29, 1.82) is 5.41 Å². The van der Waals surface area contributed by atoms with Gasteiger partial charge in [0.1, 0.15) is 5.76 Å². The predicted octanol–water partition coefficient (Wildman–Crippen LogP) is 17.3. The van der Waals surface area contributed by atoms with Crippen LogP contribution in [0.5, 0.6) is 0 Å². The summed E-state index contributed by atoms with van der Waals surface area (Å²) in [4.78, 5) is 22.0. The van der Waals surface area contributed by atoms with Gasteiger partial charge in [-0.1, -0.05) is 206 Å². The van der Waals surface area contributed by atoms with Crippen molar-refractivity contribution in [2.24, 2.45) is 29.2 Å². The number of hydrogen-bond donors (Lipinski definition) is 5. The predicted molar refractivity (Wildman–Crippen MR) is 310 cm³/mol. The van der Waals surface area contributed by atoms with Gasteiger partial charge in [-0.25, -0.2) is 0 Å². The number of nitrogens with two attached hydrogens (primary N) is 3. The number of hydrogen-bond acceptors (Lipinski definition) is 6. The number of rotatable bonds is 16. The number of Topliss-reactive ketones (excluding diaryl/α,β-unsaturated/α-hetero) is 1. The molecule has 0 saturated carbocycles. The maximum absolute atomic E-state index is 12.8. The summed E-state index contributed by atoms with van der Waals surface area (Å²) in [6, 6.07) is 24.3. The quantitative estimate of drug-likeness (QED) is 0.0327. The van der Waals surface area contributed by atoms with Crippen molar-refractivity contribution in [2.75, 3.05) is 12.3 Å². The zero-order valence-electron chi connectivity index (χ0n) is 46.5. The Balaban J connectivity index is 0.00000138. The van der Waals surface area contributed by atoms with E-state index < -0.39 is 0 Å². The second-order valence-corrected chi connectivity index (χ2v) is 19.6. The number of aliphatic hydroxyl groups excluding tert-OH is 1. The molecule has 0 spiro atoms. The highest BCUT2D eigenvalue weighted by Gasteiger charge is 2.26. The number of benzene rings is 4. The molecular formula is C63H96N4O3. The van der Waals surface area contributed by atoms with E-state index in [9.17, 15) is 14.7 Å². The normalized spacial score (nSPS) is 13.1. The number of nitrogen functional groups attached to an aromatic ring is 1. The Labute approximate surface area is 426 Å². The van der Waals surface area contributed by atoms with Crippen LogP contribution in [0.3, 0.4) is 0 Å². The SMILES string of the molecule is CC(=O)C(=C(C)O)C1=C(C=CC(=N)c2cccc3cccc(C)c23)CC/C1=C\C=C(\C)c1cccc2cccc(N)c12.CC(N)=O.CCCC(C)C.CCCC(C)C.CCCCC(C)C.CCCCN. The Kier molecular flexibility index (Phi) is 33.5. The number of carbonyl (C=O) groups excluding carboxylic acids is 2. The lowest BCUT2D eigenvalue weighted by molar-refractivity contribution is -0.116. The monoisotopic (exact) mass is 957 g/mol. The third kappa shape index (κ3) is 24.8. The van der Waals surface area contributed by atoms with E-state index in [1.165, 1.54) is 71.6 Å². The summed E-state index contributed by atoms with van der Waals surface area (Å²) >= 11 is 0. The van der Waals surface area contributed by atoms with Gasteiger partial charge in [0.2, 0.25) is 5.91 Å². The fourth-order valence-corrected chi connectivity index (χ4v) is 8.00. The minimum absolute atomic E-state index is 0.00140. The molecule has 0 unspecified atom stereocenters. The fourth-order valence-electron chi connectivity index (χ4n) is 8.00. The molecule has 0 saturated heterocycles. The topological polar surface area (TPSA) is 156 Å². The zero-order chi connectivity index (χ0) is 53.3. The van der Waals surface area contributed by atoms with Crippen LogP contribution in [0, 0.1) is 30.1 Å². The van der Waals surface area contributed by atoms with Crippen LogP contribution in [0.15, 0.2) is 125 Å². The molecule has 0 aromatic heterocycles. The van der Waals surface area contributed by atoms with Crippen LogP contribution in [-0.2, 0) is 9.59 Å². The third-order valence-corrected chi connectivity index (χ3v) is 11.4. The van der Waals surface area contributed by atoms with E-state index in [1.807, 2.05) is 48.6 Å². The van der Waals surface area contributed by atoms with Gasteiger partial charge in [-0.05, 0) is 133 Å². The highest BCUT2D eigenvalue weighted by atomic mass is 16.3. The maximum Gasteiger partial charge on any atom is 0.214 e. The number of amides is 1. The van der Waals surface area contributed by atoms with Crippen LogP contribution in [0.2, 0.25) is 0 Å². The Morgan fingerprint density at radius 1 is 0.686 bits per heavy atom. The molecule has 1 aliphatic rings. The van der Waals surface area contributed by atoms with E-state index in [1.54, 1.807) is 6.92 Å². The zero-order valence-corrected chi connectivity index (χ0v) is 46.5. The number of aliphatic hydroxyl groups is 1. The van der Waals surface area contributed by atoms with Crippen molar-refractivity contribution in [2.45, 2.75) is 174 Å². The fraction of sp³-hybridized carbons (Fsp3) is 0.476. The van der Waals surface area contributed by atoms with Gasteiger partial charge < -0.3 is 27.7 Å². The first-order valence-electron chi connectivity index (χ1n) is 26.1. The van der Waals surface area contributed by atoms with Crippen molar-refractivity contribution >= 4 is 50.2 Å². The molecule has 1 amide bonds. The van der Waals surface area contributed by atoms with Gasteiger partial charge in [-0.3, -0.25) is 9.59 Å². The number of carbonyl (C=O) groups is 2. The van der Waals surface area contributed by atoms with Crippen molar-refractivity contribution in [3.05, 3.63) is 142 Å². The number of anilines is 1. The molecule has 70 heavy (non-hydrogen) atoms. The van der Waals surface area contributed by atoms with Gasteiger partial charge >= 0.3 is 0 Å². The van der Waals surface area contributed by atoms with Crippen LogP contribution in [0.4, 0.5) is 5.69 Å². The Morgan fingerprint density at radius 2 is 1.17 bits per heavy atom. The van der Waals surface area contributed by atoms with Crippen molar-refractivity contribution in [3.8, 4) is 0 Å². The first-order valence-corrected chi connectivity index (χ1v) is 26.1. The summed E-state index contributed by atoms with van der Waals surface area (Å²) in [6.45, 7) is 31.7. The van der Waals surface area contributed by atoms with Crippen LogP contribution in [-0.4, -0.2) is 29.1 Å². The standard InChI is InChI=1S/C38H36N2O2.C7H16.2C6H14.C4H11N.C2H5NO/c1-23(31-14-6-12-28-13-8-16-34(40)38(28)31)17-18-29-19-20-30(37(29)36(25(3)41)26(4)42)21-22-33(39)32-15-7-11-27-10-5-9-24(2)35(27)32;1-4-5-6-7(2)3;2*1-4-5-6(2)3;1-2-3-4-5;1-2(3)4/h5-18,21-22,39,41H,19-20,40H2,1-4H3;7H,4-6H2,1-3H3;2*6H,4-5H2,1-3H3;2-5H2,1H3;1H3,(H2,3,4)/b22-21?,23-17-,29-18+,36-25?,39-33?;;;;;. The molecule has 7 heteroatoms. The van der Waals surface area contributed by atoms with Gasteiger partial charge in [0.05, 0.1) is 11.3 Å². The largest absolute Gasteiger partial charge is 0.512 e. The molecule has 4 aromatic carbocycles. The van der Waals surface area contributed by atoms with Gasteiger partial charge in [0, 0.05) is 23.6 Å². The molecule has 386 valence electrons. The number of unbranched alkanes of at least 4 members (excludes halogenated alkanes) is 2. The first-order chi connectivity index (χ1) is 33.1. The number of aryl methyl sites for hydroxylation is 1. The Hall–Kier alpha value is -5.53. The van der Waals surface area contributed by atoms with Crippen molar-refractivity contribution in [1.82, 2.24) is 0 Å². The lowest BCUT2D eigenvalue weighted by Crippen LogP contribution is -2.05. The summed E-state index contributed by atoms with van der Waals surface area (Å²) in [7, 11) is 0. The average molecular weight is 957 g/mol. The number of allylic oxidation sites excluding steroid dienone is 10. The molecule has 0 aliphatic heterocycles. The minimum atomic E-state index is -0.333. The molecule has 8 N–H and O–H groups in total. The second kappa shape index (κ2) is 36.4. The van der Waals surface area contributed by atoms with Gasteiger partial charge in [-0.2, -0.15) is 0 Å². The molecule has 0 heterocycles. The molecular weight excluding hydrogens is 861 g/mol. The first kappa shape index (κ1) is 64.5. The molecule has 1 aliphatic carbocycles. The molecule has 0 atom stereocenters. The highest BCUT2D eigenvalue weighted by molar-refractivity contribution is 6.15. The van der Waals surface area contributed by atoms with Crippen LogP contribution < -0.4 is 17.2 Å². The summed E-state index contributed by atoms with van der Waals surface area (Å²) < 4.78 is 0. The Morgan fingerprint density at radius 3 is 1.59 bits per heavy atom. The molecule has 0 radical (unpaired) electrons. The molecule has 0 fully saturated rings. The van der Waals surface area contributed by atoms with Crippen LogP contribution >= 0.6 is 0 Å². The van der Waals surface area contributed by atoms with Crippen LogP contribution in [0.25, 0.3) is 27.1 Å². The minimum Gasteiger partial charge on any atom is -0.512 e. The summed E-state index contributed by atoms with van der Waals surface area (Å²) in [5.74, 6) is 2.18. The number of primary amides is 1. The van der Waals surface area contributed by atoms with Crippen molar-refractivity contribution < 1.29 is 14.7 Å². The second-order valence-electron chi connectivity index (χ2n) is 19.6. The number of ketones is 1. The molecule has 4 aromatic rings. The molecule has 7 nitrogen and oxygen atoms in total. The summed E-state index contributed by atoms with van der Waals surface area (Å²) in [6.07, 6.45) is 21.2. The third-order valence-electron chi connectivity index (χ3n) is 11.4. The van der Waals surface area contributed by atoms with Gasteiger partial charge in [-0.15, -0.1) is 0 Å². The van der Waals surface area contributed by atoms with Crippen LogP contribution in [0.1, 0.15) is 184 Å². The smallest absolute Gasteiger partial charge is 0.214 e. The van der Waals surface area contributed by atoms with E-state index in [0.717, 1.165) is 96.9 Å². The van der Waals surface area contributed by atoms with Crippen molar-refractivity contribution in [3.63, 3.8) is 0 Å². The number of fused-ring (bicyclic) bond motifs is 2. The molecule has 0 bridgehead atoms. The lowest BCUT2D eigenvalue weighted by atomic mass is 9.92. The molecule has 5 rings (SSSR count). The van der Waals surface area contributed by atoms with E-state index in [0.29, 0.717) is 17.7 Å². The maximum atomic E-state index is 12.8. The lowest BCUT2D eigenvalue weighted by Gasteiger charge is -2.12.